The minimum Gasteiger partial charge on any atom is -0.297 e. The third-order valence-electron chi connectivity index (χ3n) is 4.06. The summed E-state index contributed by atoms with van der Waals surface area (Å²) in [6.07, 6.45) is -2.05. The number of hydrogen-bond donors (Lipinski definition) is 0. The maximum absolute atomic E-state index is 14.4. The molecule has 26 heavy (non-hydrogen) atoms. The van der Waals surface area contributed by atoms with Crippen LogP contribution in [0.3, 0.4) is 0 Å². The van der Waals surface area contributed by atoms with Crippen molar-refractivity contribution in [1.29, 1.82) is 0 Å². The van der Waals surface area contributed by atoms with Gasteiger partial charge >= 0.3 is 6.18 Å². The first-order valence-electron chi connectivity index (χ1n) is 7.89. The maximum Gasteiger partial charge on any atom is 0.419 e. The van der Waals surface area contributed by atoms with Gasteiger partial charge in [-0.05, 0) is 12.1 Å². The van der Waals surface area contributed by atoms with Gasteiger partial charge in [0.05, 0.1) is 17.3 Å². The van der Waals surface area contributed by atoms with Crippen LogP contribution in [0.5, 0.6) is 0 Å². The van der Waals surface area contributed by atoms with E-state index >= 15 is 0 Å². The minimum absolute atomic E-state index is 0.0113. The first-order chi connectivity index (χ1) is 12.2. The smallest absolute Gasteiger partial charge is 0.297 e. The molecule has 2 aromatic heterocycles. The molecule has 0 aliphatic carbocycles. The van der Waals surface area contributed by atoms with Gasteiger partial charge in [-0.15, -0.1) is 0 Å². The van der Waals surface area contributed by atoms with Crippen LogP contribution in [0.2, 0.25) is 0 Å². The summed E-state index contributed by atoms with van der Waals surface area (Å²) in [6, 6.07) is 4.58. The highest BCUT2D eigenvalue weighted by Gasteiger charge is 2.35. The quantitative estimate of drug-likeness (QED) is 0.641. The van der Waals surface area contributed by atoms with Gasteiger partial charge in [-0.1, -0.05) is 26.0 Å². The van der Waals surface area contributed by atoms with Crippen LogP contribution in [0.15, 0.2) is 36.7 Å². The summed E-state index contributed by atoms with van der Waals surface area (Å²) in [5.74, 6) is -1.59. The number of benzene rings is 1. The van der Waals surface area contributed by atoms with Crippen molar-refractivity contribution in [3.63, 3.8) is 0 Å². The lowest BCUT2D eigenvalue weighted by Gasteiger charge is -2.11. The molecule has 3 aromatic rings. The lowest BCUT2D eigenvalue weighted by molar-refractivity contribution is -0.139. The second kappa shape index (κ2) is 6.51. The third kappa shape index (κ3) is 3.31. The number of hydrogen-bond acceptors (Lipinski definition) is 3. The molecule has 136 valence electrons. The SMILES string of the molecule is CC(C)C(=O)Cn1ncc2ncc(-c3cccc(C(F)(F)F)c3F)cc21. The molecule has 0 spiro atoms. The zero-order valence-electron chi connectivity index (χ0n) is 14.0. The monoisotopic (exact) mass is 365 g/mol. The van der Waals surface area contributed by atoms with Gasteiger partial charge in [0.2, 0.25) is 0 Å². The number of carbonyl (C=O) groups is 1. The van der Waals surface area contributed by atoms with E-state index in [2.05, 4.69) is 10.1 Å². The van der Waals surface area contributed by atoms with Crippen molar-refractivity contribution in [2.24, 2.45) is 5.92 Å². The molecule has 0 saturated heterocycles. The fourth-order valence-electron chi connectivity index (χ4n) is 2.53. The Morgan fingerprint density at radius 1 is 1.23 bits per heavy atom. The van der Waals surface area contributed by atoms with E-state index in [1.807, 2.05) is 0 Å². The predicted molar refractivity (Wildman–Crippen MR) is 87.8 cm³/mol. The normalized spacial score (nSPS) is 12.1. The molecular formula is C18H15F4N3O. The van der Waals surface area contributed by atoms with Crippen LogP contribution in [0.4, 0.5) is 17.6 Å². The molecule has 0 unspecified atom stereocenters. The summed E-state index contributed by atoms with van der Waals surface area (Å²) in [4.78, 5) is 16.1. The number of fused-ring (bicyclic) bond motifs is 1. The second-order valence-electron chi connectivity index (χ2n) is 6.22. The number of Topliss-reactive ketones (excluding diaryl/α,β-unsaturated/α-hetero) is 1. The third-order valence-corrected chi connectivity index (χ3v) is 4.06. The predicted octanol–water partition coefficient (Wildman–Crippen LogP) is 4.48. The number of alkyl halides is 3. The molecule has 0 bridgehead atoms. The largest absolute Gasteiger partial charge is 0.419 e. The van der Waals surface area contributed by atoms with Gasteiger partial charge in [0.15, 0.2) is 5.78 Å². The summed E-state index contributed by atoms with van der Waals surface area (Å²) in [7, 11) is 0. The van der Waals surface area contributed by atoms with E-state index in [0.29, 0.717) is 17.1 Å². The van der Waals surface area contributed by atoms with Crippen molar-refractivity contribution in [3.05, 3.63) is 48.0 Å². The number of rotatable bonds is 4. The van der Waals surface area contributed by atoms with Crippen LogP contribution < -0.4 is 0 Å². The van der Waals surface area contributed by atoms with Crippen LogP contribution in [-0.2, 0) is 17.5 Å². The fourth-order valence-corrected chi connectivity index (χ4v) is 2.53. The van der Waals surface area contributed by atoms with Gasteiger partial charge in [-0.3, -0.25) is 14.5 Å². The zero-order valence-corrected chi connectivity index (χ0v) is 14.0. The summed E-state index contributed by atoms with van der Waals surface area (Å²) >= 11 is 0. The van der Waals surface area contributed by atoms with E-state index in [1.54, 1.807) is 13.8 Å². The number of pyridine rings is 1. The first-order valence-corrected chi connectivity index (χ1v) is 7.89. The van der Waals surface area contributed by atoms with Gasteiger partial charge in [0.1, 0.15) is 17.9 Å². The first kappa shape index (κ1) is 18.0. The molecule has 3 rings (SSSR count). The molecule has 4 nitrogen and oxygen atoms in total. The molecule has 8 heteroatoms. The molecule has 0 N–H and O–H groups in total. The highest BCUT2D eigenvalue weighted by Crippen LogP contribution is 2.35. The van der Waals surface area contributed by atoms with Gasteiger partial charge in [-0.2, -0.15) is 18.3 Å². The van der Waals surface area contributed by atoms with E-state index < -0.39 is 17.6 Å². The van der Waals surface area contributed by atoms with E-state index in [9.17, 15) is 22.4 Å². The maximum atomic E-state index is 14.4. The summed E-state index contributed by atoms with van der Waals surface area (Å²) in [6.45, 7) is 3.53. The Bertz CT molecular complexity index is 976. The second-order valence-corrected chi connectivity index (χ2v) is 6.22. The molecule has 0 amide bonds. The van der Waals surface area contributed by atoms with Gasteiger partial charge in [0, 0.05) is 23.2 Å². The highest BCUT2D eigenvalue weighted by molar-refractivity contribution is 5.84. The van der Waals surface area contributed by atoms with Crippen molar-refractivity contribution in [3.8, 4) is 11.1 Å². The number of nitrogens with zero attached hydrogens (tertiary/aromatic N) is 3. The average Bonchev–Trinajstić information content (AvgIpc) is 2.96. The minimum atomic E-state index is -4.79. The molecule has 0 atom stereocenters. The van der Waals surface area contributed by atoms with Crippen molar-refractivity contribution >= 4 is 16.8 Å². The van der Waals surface area contributed by atoms with Gasteiger partial charge < -0.3 is 0 Å². The van der Waals surface area contributed by atoms with Crippen molar-refractivity contribution in [2.45, 2.75) is 26.6 Å². The standard InChI is InChI=1S/C18H15F4N3O/c1-10(2)16(26)9-25-15-6-11(7-23-14(15)8-24-25)12-4-3-5-13(17(12)19)18(20,21)22/h3-8,10H,9H2,1-2H3. The lowest BCUT2D eigenvalue weighted by Crippen LogP contribution is -2.16. The van der Waals surface area contributed by atoms with E-state index in [4.69, 9.17) is 0 Å². The van der Waals surface area contributed by atoms with Crippen molar-refractivity contribution < 1.29 is 22.4 Å². The molecule has 0 radical (unpaired) electrons. The fraction of sp³-hybridized carbons (Fsp3) is 0.278. The van der Waals surface area contributed by atoms with Crippen LogP contribution >= 0.6 is 0 Å². The average molecular weight is 365 g/mol. The Morgan fingerprint density at radius 3 is 2.62 bits per heavy atom. The van der Waals surface area contributed by atoms with Crippen LogP contribution in [-0.4, -0.2) is 20.5 Å². The Labute approximate surface area is 146 Å². The molecule has 2 heterocycles. The molecule has 0 aliphatic rings. The van der Waals surface area contributed by atoms with E-state index in [-0.39, 0.29) is 29.4 Å². The molecular weight excluding hydrogens is 350 g/mol. The van der Waals surface area contributed by atoms with Crippen LogP contribution in [0, 0.1) is 11.7 Å². The zero-order chi connectivity index (χ0) is 19.1. The number of aromatic nitrogens is 3. The summed E-state index contributed by atoms with van der Waals surface area (Å²) in [5, 5.41) is 4.09. The molecule has 0 saturated carbocycles. The Kier molecular flexibility index (Phi) is 4.52. The number of ketones is 1. The van der Waals surface area contributed by atoms with Gasteiger partial charge in [-0.25, -0.2) is 4.39 Å². The van der Waals surface area contributed by atoms with Crippen molar-refractivity contribution in [2.75, 3.05) is 0 Å². The Hall–Kier alpha value is -2.77. The number of halogens is 4. The summed E-state index contributed by atoms with van der Waals surface area (Å²) < 4.78 is 54.6. The molecule has 0 aliphatic heterocycles. The Balaban J connectivity index is 2.09. The van der Waals surface area contributed by atoms with Crippen molar-refractivity contribution in [1.82, 2.24) is 14.8 Å². The summed E-state index contributed by atoms with van der Waals surface area (Å²) in [5.41, 5.74) is -0.443. The molecule has 0 fully saturated rings. The highest BCUT2D eigenvalue weighted by atomic mass is 19.4. The van der Waals surface area contributed by atoms with Crippen LogP contribution in [0.25, 0.3) is 22.2 Å². The van der Waals surface area contributed by atoms with Gasteiger partial charge in [0.25, 0.3) is 0 Å². The molecule has 1 aromatic carbocycles. The van der Waals surface area contributed by atoms with E-state index in [1.165, 1.54) is 29.2 Å². The Morgan fingerprint density at radius 2 is 1.96 bits per heavy atom. The topological polar surface area (TPSA) is 47.8 Å². The van der Waals surface area contributed by atoms with Crippen LogP contribution in [0.1, 0.15) is 19.4 Å². The van der Waals surface area contributed by atoms with E-state index in [0.717, 1.165) is 6.07 Å². The lowest BCUT2D eigenvalue weighted by atomic mass is 10.0. The number of carbonyl (C=O) groups excluding carboxylic acids is 1.